The maximum Gasteiger partial charge on any atom is 0.137 e. The van der Waals surface area contributed by atoms with Crippen molar-refractivity contribution in [3.63, 3.8) is 0 Å². The summed E-state index contributed by atoms with van der Waals surface area (Å²) < 4.78 is 6.74. The van der Waals surface area contributed by atoms with Gasteiger partial charge in [0.15, 0.2) is 0 Å². The van der Waals surface area contributed by atoms with E-state index in [9.17, 15) is 0 Å². The minimum atomic E-state index is -0.532. The summed E-state index contributed by atoms with van der Waals surface area (Å²) in [5, 5.41) is 2.24. The van der Waals surface area contributed by atoms with Gasteiger partial charge in [0.05, 0.1) is 22.2 Å². The van der Waals surface area contributed by atoms with Crippen molar-refractivity contribution in [1.29, 1.82) is 0 Å². The van der Waals surface area contributed by atoms with Gasteiger partial charge >= 0.3 is 0 Å². The Kier molecular flexibility index (Phi) is 8.01. The number of fused-ring (bicyclic) bond motifs is 10. The predicted molar refractivity (Wildman–Crippen MR) is 264 cm³/mol. The van der Waals surface area contributed by atoms with Gasteiger partial charge in [0, 0.05) is 33.2 Å². The lowest BCUT2D eigenvalue weighted by atomic mass is 9.67. The predicted octanol–water partition coefficient (Wildman–Crippen LogP) is 16.2. The molecule has 0 saturated carbocycles. The first-order valence-electron chi connectivity index (χ1n) is 22.4. The Morgan fingerprint density at radius 2 is 1.13 bits per heavy atom. The lowest BCUT2D eigenvalue weighted by molar-refractivity contribution is 0.584. The molecule has 1 aliphatic heterocycles. The maximum atomic E-state index is 6.74. The zero-order valence-corrected chi connectivity index (χ0v) is 36.8. The van der Waals surface area contributed by atoms with Crippen LogP contribution in [-0.2, 0) is 16.2 Å². The summed E-state index contributed by atoms with van der Waals surface area (Å²) >= 11 is 0. The van der Waals surface area contributed by atoms with Gasteiger partial charge < -0.3 is 9.32 Å². The average Bonchev–Trinajstić information content (AvgIpc) is 3.91. The second-order valence-corrected chi connectivity index (χ2v) is 19.1. The summed E-state index contributed by atoms with van der Waals surface area (Å²) in [5.41, 5.74) is 22.5. The topological polar surface area (TPSA) is 16.4 Å². The van der Waals surface area contributed by atoms with Crippen LogP contribution in [0.4, 0.5) is 17.1 Å². The van der Waals surface area contributed by atoms with Gasteiger partial charge in [0.1, 0.15) is 11.2 Å². The molecule has 0 unspecified atom stereocenters. The molecule has 2 heteroatoms. The Bertz CT molecular complexity index is 3370. The van der Waals surface area contributed by atoms with Crippen molar-refractivity contribution in [3.8, 4) is 11.1 Å². The van der Waals surface area contributed by atoms with Gasteiger partial charge in [0.25, 0.3) is 0 Å². The van der Waals surface area contributed by atoms with Crippen LogP contribution in [0.5, 0.6) is 0 Å². The van der Waals surface area contributed by atoms with E-state index in [1.807, 2.05) is 0 Å². The summed E-state index contributed by atoms with van der Waals surface area (Å²) in [5.74, 6) is 0. The molecule has 2 aliphatic carbocycles. The fraction of sp³-hybridized carbons (Fsp3) is 0.148. The van der Waals surface area contributed by atoms with Crippen molar-refractivity contribution in [2.24, 2.45) is 0 Å². The molecule has 2 nitrogen and oxygen atoms in total. The Labute approximate surface area is 370 Å². The normalized spacial score (nSPS) is 17.4. The van der Waals surface area contributed by atoms with Gasteiger partial charge in [-0.2, -0.15) is 0 Å². The van der Waals surface area contributed by atoms with E-state index in [2.05, 4.69) is 235 Å². The van der Waals surface area contributed by atoms with Gasteiger partial charge in [0.2, 0.25) is 0 Å². The Balaban J connectivity index is 1.20. The largest absolute Gasteiger partial charge is 0.456 e. The van der Waals surface area contributed by atoms with Gasteiger partial charge in [-0.05, 0) is 110 Å². The second-order valence-electron chi connectivity index (χ2n) is 19.1. The molecule has 0 spiro atoms. The molecule has 0 saturated heterocycles. The smallest absolute Gasteiger partial charge is 0.137 e. The van der Waals surface area contributed by atoms with E-state index in [4.69, 9.17) is 4.42 Å². The lowest BCUT2D eigenvalue weighted by Crippen LogP contribution is -2.29. The molecule has 63 heavy (non-hydrogen) atoms. The van der Waals surface area contributed by atoms with Crippen LogP contribution in [0.2, 0.25) is 0 Å². The molecule has 8 aromatic carbocycles. The van der Waals surface area contributed by atoms with Crippen LogP contribution in [0.15, 0.2) is 198 Å². The third-order valence-corrected chi connectivity index (χ3v) is 14.4. The third kappa shape index (κ3) is 5.13. The standard InChI is InChI=1S/C61H49NO/c1-7-48-56(44-32-30-40(59(2,3)4)36-50(44)60(48,5)6)55-45-25-15-18-28-52(45)62(58-47(55)34-35-54-57(58)46-26-16-19-29-53(46)63-54)41-31-33-43-42-24-14-17-27-49(42)61(51(43)37-41,38-20-10-8-11-21-38)39-22-12-9-13-23-39/h7-37H,1-6H3/b48-7?,56-55-. The fourth-order valence-electron chi connectivity index (χ4n) is 11.6. The van der Waals surface area contributed by atoms with Crippen molar-refractivity contribution in [1.82, 2.24) is 0 Å². The Morgan fingerprint density at radius 3 is 1.86 bits per heavy atom. The highest BCUT2D eigenvalue weighted by molar-refractivity contribution is 6.22. The highest BCUT2D eigenvalue weighted by atomic mass is 16.3. The van der Waals surface area contributed by atoms with E-state index in [0.717, 1.165) is 39.0 Å². The van der Waals surface area contributed by atoms with E-state index in [-0.39, 0.29) is 10.8 Å². The molecule has 0 bridgehead atoms. The van der Waals surface area contributed by atoms with Gasteiger partial charge in [-0.3, -0.25) is 0 Å². The van der Waals surface area contributed by atoms with Crippen molar-refractivity contribution < 1.29 is 4.42 Å². The SMILES string of the molecule is CC=C1/C(=C2/c3ccccc3N(c3ccc4c(c3)C(c3ccccc3)(c3ccccc3)c3ccccc3-4)c3c2ccc2oc4ccccc4c32)c2ccc(C(C)(C)C)cc2C1(C)C. The summed E-state index contributed by atoms with van der Waals surface area (Å²) in [7, 11) is 0. The molecular formula is C61H49NO. The van der Waals surface area contributed by atoms with E-state index in [1.54, 1.807) is 0 Å². The molecule has 12 rings (SSSR count). The van der Waals surface area contributed by atoms with E-state index < -0.39 is 5.41 Å². The molecule has 0 fully saturated rings. The molecule has 0 radical (unpaired) electrons. The first-order chi connectivity index (χ1) is 30.6. The van der Waals surface area contributed by atoms with Crippen LogP contribution in [0.3, 0.4) is 0 Å². The zero-order chi connectivity index (χ0) is 42.8. The van der Waals surface area contributed by atoms with Gasteiger partial charge in [-0.15, -0.1) is 0 Å². The average molecular weight is 812 g/mol. The zero-order valence-electron chi connectivity index (χ0n) is 36.8. The molecule has 9 aromatic rings. The number of anilines is 3. The summed E-state index contributed by atoms with van der Waals surface area (Å²) in [6.45, 7) is 14.0. The number of hydrogen-bond acceptors (Lipinski definition) is 2. The number of furan rings is 1. The molecule has 0 N–H and O–H groups in total. The number of para-hydroxylation sites is 2. The molecular weight excluding hydrogens is 763 g/mol. The number of benzene rings is 8. The Morgan fingerprint density at radius 1 is 0.508 bits per heavy atom. The monoisotopic (exact) mass is 811 g/mol. The minimum Gasteiger partial charge on any atom is -0.456 e. The second kappa shape index (κ2) is 13.4. The van der Waals surface area contributed by atoms with Crippen LogP contribution in [0.25, 0.3) is 44.2 Å². The molecule has 2 heterocycles. The van der Waals surface area contributed by atoms with Crippen LogP contribution in [0, 0.1) is 0 Å². The van der Waals surface area contributed by atoms with Gasteiger partial charge in [-0.25, -0.2) is 0 Å². The number of rotatable bonds is 3. The minimum absolute atomic E-state index is 0.0332. The summed E-state index contributed by atoms with van der Waals surface area (Å²) in [6, 6.07) is 67.8. The van der Waals surface area contributed by atoms with Crippen molar-refractivity contribution in [3.05, 3.63) is 244 Å². The van der Waals surface area contributed by atoms with E-state index >= 15 is 0 Å². The highest BCUT2D eigenvalue weighted by Crippen LogP contribution is 2.62. The fourth-order valence-corrected chi connectivity index (χ4v) is 11.6. The van der Waals surface area contributed by atoms with Crippen LogP contribution in [-0.4, -0.2) is 0 Å². The molecule has 1 aromatic heterocycles. The van der Waals surface area contributed by atoms with Crippen molar-refractivity contribution in [2.75, 3.05) is 4.90 Å². The molecule has 0 atom stereocenters. The van der Waals surface area contributed by atoms with Crippen LogP contribution in [0.1, 0.15) is 91.6 Å². The molecule has 3 aliphatic rings. The quantitative estimate of drug-likeness (QED) is 0.177. The third-order valence-electron chi connectivity index (χ3n) is 14.4. The molecule has 304 valence electrons. The van der Waals surface area contributed by atoms with Crippen LogP contribution < -0.4 is 4.90 Å². The lowest BCUT2D eigenvalue weighted by Gasteiger charge is -2.38. The highest BCUT2D eigenvalue weighted by Gasteiger charge is 2.47. The number of nitrogens with zero attached hydrogens (tertiary/aromatic N) is 1. The van der Waals surface area contributed by atoms with Crippen molar-refractivity contribution in [2.45, 2.75) is 57.8 Å². The van der Waals surface area contributed by atoms with Crippen LogP contribution >= 0.6 is 0 Å². The number of allylic oxidation sites excluding steroid dienone is 3. The number of hydrogen-bond donors (Lipinski definition) is 0. The van der Waals surface area contributed by atoms with E-state index in [0.29, 0.717) is 0 Å². The molecule has 0 amide bonds. The Hall–Kier alpha value is -7.16. The first-order valence-corrected chi connectivity index (χ1v) is 22.4. The first kappa shape index (κ1) is 37.6. The maximum absolute atomic E-state index is 6.74. The van der Waals surface area contributed by atoms with Crippen molar-refractivity contribution >= 4 is 50.1 Å². The summed E-state index contributed by atoms with van der Waals surface area (Å²) in [4.78, 5) is 2.54. The van der Waals surface area contributed by atoms with Gasteiger partial charge in [-0.1, -0.05) is 186 Å². The summed E-state index contributed by atoms with van der Waals surface area (Å²) in [6.07, 6.45) is 2.37. The van der Waals surface area contributed by atoms with E-state index in [1.165, 1.54) is 77.9 Å².